The lowest BCUT2D eigenvalue weighted by Gasteiger charge is -2.08. The van der Waals surface area contributed by atoms with E-state index in [0.717, 1.165) is 6.07 Å². The predicted molar refractivity (Wildman–Crippen MR) is 60.6 cm³/mol. The van der Waals surface area contributed by atoms with Gasteiger partial charge in [0.1, 0.15) is 0 Å². The van der Waals surface area contributed by atoms with Crippen LogP contribution in [0.3, 0.4) is 0 Å². The molecule has 18 heavy (non-hydrogen) atoms. The zero-order valence-corrected chi connectivity index (χ0v) is 9.72. The summed E-state index contributed by atoms with van der Waals surface area (Å²) in [4.78, 5) is 21.9. The highest BCUT2D eigenvalue weighted by Crippen LogP contribution is 2.15. The Morgan fingerprint density at radius 1 is 1.28 bits per heavy atom. The van der Waals surface area contributed by atoms with Gasteiger partial charge in [-0.15, -0.1) is 0 Å². The third-order valence-corrected chi connectivity index (χ3v) is 2.24. The molecule has 1 rings (SSSR count). The Balaban J connectivity index is 2.83. The zero-order chi connectivity index (χ0) is 13.7. The van der Waals surface area contributed by atoms with E-state index in [0.29, 0.717) is 0 Å². The minimum Gasteiger partial charge on any atom is -0.366 e. The minimum atomic E-state index is -1.30. The van der Waals surface area contributed by atoms with E-state index in [1.807, 2.05) is 0 Å². The SMILES string of the molecule is CNCC(=O)NCc1ccc(C(N)=O)c(F)c1F. The summed E-state index contributed by atoms with van der Waals surface area (Å²) < 4.78 is 26.9. The molecule has 0 aliphatic carbocycles. The molecule has 0 fully saturated rings. The Morgan fingerprint density at radius 2 is 1.94 bits per heavy atom. The van der Waals surface area contributed by atoms with Crippen molar-refractivity contribution in [2.75, 3.05) is 13.6 Å². The Morgan fingerprint density at radius 3 is 2.50 bits per heavy atom. The van der Waals surface area contributed by atoms with Gasteiger partial charge in [-0.1, -0.05) is 6.07 Å². The number of carbonyl (C=O) groups excluding carboxylic acids is 2. The normalized spacial score (nSPS) is 10.2. The number of carbonyl (C=O) groups is 2. The zero-order valence-electron chi connectivity index (χ0n) is 9.72. The van der Waals surface area contributed by atoms with Gasteiger partial charge in [-0.05, 0) is 13.1 Å². The Hall–Kier alpha value is -2.02. The first-order valence-corrected chi connectivity index (χ1v) is 5.15. The molecule has 7 heteroatoms. The van der Waals surface area contributed by atoms with Crippen LogP contribution in [0.2, 0.25) is 0 Å². The summed E-state index contributed by atoms with van der Waals surface area (Å²) in [5.74, 6) is -3.88. The summed E-state index contributed by atoms with van der Waals surface area (Å²) >= 11 is 0. The van der Waals surface area contributed by atoms with Gasteiger partial charge in [-0.3, -0.25) is 9.59 Å². The van der Waals surface area contributed by atoms with Crippen LogP contribution in [0.15, 0.2) is 12.1 Å². The topological polar surface area (TPSA) is 84.2 Å². The summed E-state index contributed by atoms with van der Waals surface area (Å²) in [5.41, 5.74) is 4.30. The molecule has 0 saturated carbocycles. The largest absolute Gasteiger partial charge is 0.366 e. The van der Waals surface area contributed by atoms with Gasteiger partial charge in [0.2, 0.25) is 5.91 Å². The van der Waals surface area contributed by atoms with Crippen molar-refractivity contribution in [2.45, 2.75) is 6.54 Å². The molecular weight excluding hydrogens is 244 g/mol. The number of halogens is 2. The molecule has 1 aromatic carbocycles. The van der Waals surface area contributed by atoms with Gasteiger partial charge in [0.25, 0.3) is 5.91 Å². The molecule has 0 unspecified atom stereocenters. The highest BCUT2D eigenvalue weighted by atomic mass is 19.2. The van der Waals surface area contributed by atoms with Gasteiger partial charge >= 0.3 is 0 Å². The van der Waals surface area contributed by atoms with E-state index >= 15 is 0 Å². The smallest absolute Gasteiger partial charge is 0.251 e. The second kappa shape index (κ2) is 6.06. The summed E-state index contributed by atoms with van der Waals surface area (Å²) in [6.07, 6.45) is 0. The van der Waals surface area contributed by atoms with Gasteiger partial charge in [0.15, 0.2) is 11.6 Å². The quantitative estimate of drug-likeness (QED) is 0.688. The van der Waals surface area contributed by atoms with E-state index in [4.69, 9.17) is 5.73 Å². The van der Waals surface area contributed by atoms with Crippen LogP contribution in [0.4, 0.5) is 8.78 Å². The van der Waals surface area contributed by atoms with Gasteiger partial charge in [-0.2, -0.15) is 0 Å². The van der Waals surface area contributed by atoms with Crippen molar-refractivity contribution in [1.29, 1.82) is 0 Å². The number of amides is 2. The first-order chi connectivity index (χ1) is 8.47. The summed E-state index contributed by atoms with van der Waals surface area (Å²) in [5, 5.41) is 5.01. The minimum absolute atomic E-state index is 0.0537. The molecule has 0 spiro atoms. The average molecular weight is 257 g/mol. The number of likely N-dealkylation sites (N-methyl/N-ethyl adjacent to an activating group) is 1. The maximum Gasteiger partial charge on any atom is 0.251 e. The second-order valence-corrected chi connectivity index (χ2v) is 3.57. The van der Waals surface area contributed by atoms with E-state index < -0.39 is 23.1 Å². The number of hydrogen-bond donors (Lipinski definition) is 3. The van der Waals surface area contributed by atoms with Crippen LogP contribution in [0.25, 0.3) is 0 Å². The van der Waals surface area contributed by atoms with Crippen LogP contribution in [0.5, 0.6) is 0 Å². The van der Waals surface area contributed by atoms with Crippen LogP contribution in [-0.4, -0.2) is 25.4 Å². The Bertz CT molecular complexity index is 478. The fourth-order valence-corrected chi connectivity index (χ4v) is 1.33. The number of nitrogens with one attached hydrogen (secondary N) is 2. The van der Waals surface area contributed by atoms with E-state index in [1.165, 1.54) is 6.07 Å². The van der Waals surface area contributed by atoms with E-state index in [-0.39, 0.29) is 24.6 Å². The van der Waals surface area contributed by atoms with Crippen LogP contribution in [0.1, 0.15) is 15.9 Å². The number of benzene rings is 1. The highest BCUT2D eigenvalue weighted by molar-refractivity contribution is 5.93. The van der Waals surface area contributed by atoms with Gasteiger partial charge in [-0.25, -0.2) is 8.78 Å². The summed E-state index contributed by atoms with van der Waals surface area (Å²) in [6.45, 7) is -0.0915. The number of primary amides is 1. The molecule has 98 valence electrons. The molecule has 0 aliphatic heterocycles. The maximum absolute atomic E-state index is 13.5. The standard InChI is InChI=1S/C11H13F2N3O2/c1-15-5-8(17)16-4-6-2-3-7(11(14)18)10(13)9(6)12/h2-3,15H,4-5H2,1H3,(H2,14,18)(H,16,17). The molecule has 0 heterocycles. The van der Waals surface area contributed by atoms with Crippen LogP contribution < -0.4 is 16.4 Å². The van der Waals surface area contributed by atoms with Crippen molar-refractivity contribution in [1.82, 2.24) is 10.6 Å². The molecule has 0 bridgehead atoms. The molecule has 0 atom stereocenters. The molecule has 1 aromatic rings. The second-order valence-electron chi connectivity index (χ2n) is 3.57. The maximum atomic E-state index is 13.5. The molecule has 4 N–H and O–H groups in total. The van der Waals surface area contributed by atoms with E-state index in [1.54, 1.807) is 7.05 Å². The summed E-state index contributed by atoms with van der Waals surface area (Å²) in [7, 11) is 1.58. The predicted octanol–water partition coefficient (Wildman–Crippen LogP) is -0.101. The summed E-state index contributed by atoms with van der Waals surface area (Å²) in [6, 6.07) is 2.29. The number of rotatable bonds is 5. The van der Waals surface area contributed by atoms with Crippen LogP contribution >= 0.6 is 0 Å². The molecule has 0 aliphatic rings. The van der Waals surface area contributed by atoms with E-state index in [9.17, 15) is 18.4 Å². The highest BCUT2D eigenvalue weighted by Gasteiger charge is 2.16. The first-order valence-electron chi connectivity index (χ1n) is 5.15. The van der Waals surface area contributed by atoms with Crippen molar-refractivity contribution in [3.63, 3.8) is 0 Å². The third kappa shape index (κ3) is 3.24. The van der Waals surface area contributed by atoms with Crippen molar-refractivity contribution >= 4 is 11.8 Å². The Labute approximate surface area is 102 Å². The third-order valence-electron chi connectivity index (χ3n) is 2.24. The molecule has 5 nitrogen and oxygen atoms in total. The Kier molecular flexibility index (Phi) is 4.73. The van der Waals surface area contributed by atoms with Crippen molar-refractivity contribution < 1.29 is 18.4 Å². The lowest BCUT2D eigenvalue weighted by atomic mass is 10.1. The molecule has 0 aromatic heterocycles. The van der Waals surface area contributed by atoms with Gasteiger partial charge < -0.3 is 16.4 Å². The lowest BCUT2D eigenvalue weighted by Crippen LogP contribution is -2.32. The molecule has 0 saturated heterocycles. The fourth-order valence-electron chi connectivity index (χ4n) is 1.33. The number of nitrogens with two attached hydrogens (primary N) is 1. The van der Waals surface area contributed by atoms with Gasteiger partial charge in [0.05, 0.1) is 12.1 Å². The van der Waals surface area contributed by atoms with E-state index in [2.05, 4.69) is 10.6 Å². The molecule has 0 radical (unpaired) electrons. The monoisotopic (exact) mass is 257 g/mol. The lowest BCUT2D eigenvalue weighted by molar-refractivity contribution is -0.120. The molecule has 2 amide bonds. The fraction of sp³-hybridized carbons (Fsp3) is 0.273. The van der Waals surface area contributed by atoms with Crippen molar-refractivity contribution in [3.05, 3.63) is 34.9 Å². The van der Waals surface area contributed by atoms with Crippen LogP contribution in [-0.2, 0) is 11.3 Å². The number of hydrogen-bond acceptors (Lipinski definition) is 3. The average Bonchev–Trinajstić information content (AvgIpc) is 2.31. The van der Waals surface area contributed by atoms with Crippen molar-refractivity contribution in [2.24, 2.45) is 5.73 Å². The first kappa shape index (κ1) is 14.0. The molecular formula is C11H13F2N3O2. The van der Waals surface area contributed by atoms with Gasteiger partial charge in [0, 0.05) is 12.1 Å². The van der Waals surface area contributed by atoms with Crippen molar-refractivity contribution in [3.8, 4) is 0 Å². The van der Waals surface area contributed by atoms with Crippen LogP contribution in [0, 0.1) is 11.6 Å².